The summed E-state index contributed by atoms with van der Waals surface area (Å²) in [4.78, 5) is 14.5. The Morgan fingerprint density at radius 3 is 2.84 bits per heavy atom. The molecule has 8 heteroatoms. The van der Waals surface area contributed by atoms with Gasteiger partial charge in [0.05, 0.1) is 17.9 Å². The summed E-state index contributed by atoms with van der Waals surface area (Å²) in [6, 6.07) is 7.93. The third-order valence-corrected chi connectivity index (χ3v) is 4.39. The van der Waals surface area contributed by atoms with Crippen molar-refractivity contribution in [3.63, 3.8) is 0 Å². The third-order valence-electron chi connectivity index (χ3n) is 4.39. The second-order valence-electron chi connectivity index (χ2n) is 6.06. The molecule has 1 aromatic carbocycles. The van der Waals surface area contributed by atoms with Crippen molar-refractivity contribution in [2.75, 3.05) is 13.1 Å². The lowest BCUT2D eigenvalue weighted by Gasteiger charge is -2.32. The van der Waals surface area contributed by atoms with Gasteiger partial charge in [-0.15, -0.1) is 5.10 Å². The molecule has 128 valence electrons. The Morgan fingerprint density at radius 1 is 1.24 bits per heavy atom. The molecule has 0 aliphatic carbocycles. The predicted octanol–water partition coefficient (Wildman–Crippen LogP) is 2.08. The van der Waals surface area contributed by atoms with Gasteiger partial charge in [-0.1, -0.05) is 5.21 Å². The molecule has 0 unspecified atom stereocenters. The second-order valence-corrected chi connectivity index (χ2v) is 6.06. The van der Waals surface area contributed by atoms with Crippen LogP contribution in [-0.4, -0.2) is 48.7 Å². The van der Waals surface area contributed by atoms with E-state index in [2.05, 4.69) is 15.4 Å². The van der Waals surface area contributed by atoms with E-state index in [0.29, 0.717) is 18.8 Å². The Hall–Kier alpha value is -3.03. The molecule has 1 fully saturated rings. The third kappa shape index (κ3) is 3.15. The van der Waals surface area contributed by atoms with Crippen molar-refractivity contribution in [1.82, 2.24) is 29.7 Å². The van der Waals surface area contributed by atoms with Crippen LogP contribution in [0.4, 0.5) is 4.39 Å². The van der Waals surface area contributed by atoms with E-state index in [1.807, 2.05) is 16.9 Å². The van der Waals surface area contributed by atoms with Gasteiger partial charge in [-0.25, -0.2) is 9.07 Å². The Balaban J connectivity index is 1.50. The molecule has 0 spiro atoms. The molecule has 1 amide bonds. The van der Waals surface area contributed by atoms with E-state index < -0.39 is 0 Å². The Bertz CT molecular complexity index is 858. The molecule has 0 N–H and O–H groups in total. The highest BCUT2D eigenvalue weighted by Crippen LogP contribution is 2.22. The lowest BCUT2D eigenvalue weighted by molar-refractivity contribution is 0.0667. The van der Waals surface area contributed by atoms with Crippen LogP contribution in [0.25, 0.3) is 5.69 Å². The zero-order valence-electron chi connectivity index (χ0n) is 13.5. The molecule has 0 bridgehead atoms. The Kier molecular flexibility index (Phi) is 4.01. The summed E-state index contributed by atoms with van der Waals surface area (Å²) in [5.74, 6) is -0.469. The molecular formula is C17H17FN6O. The summed E-state index contributed by atoms with van der Waals surface area (Å²) in [6.45, 7) is 1.30. The molecule has 1 aliphatic heterocycles. The summed E-state index contributed by atoms with van der Waals surface area (Å²) in [6.07, 6.45) is 7.15. The summed E-state index contributed by atoms with van der Waals surface area (Å²) in [7, 11) is 0. The van der Waals surface area contributed by atoms with Gasteiger partial charge in [0.25, 0.3) is 5.91 Å². The van der Waals surface area contributed by atoms with E-state index in [4.69, 9.17) is 0 Å². The van der Waals surface area contributed by atoms with Crippen molar-refractivity contribution in [2.24, 2.45) is 0 Å². The van der Waals surface area contributed by atoms with Crippen molar-refractivity contribution in [3.8, 4) is 5.69 Å². The fourth-order valence-corrected chi connectivity index (χ4v) is 3.10. The number of piperidine rings is 1. The lowest BCUT2D eigenvalue weighted by Crippen LogP contribution is -2.41. The average molecular weight is 340 g/mol. The van der Waals surface area contributed by atoms with Gasteiger partial charge in [-0.05, 0) is 43.2 Å². The molecule has 25 heavy (non-hydrogen) atoms. The summed E-state index contributed by atoms with van der Waals surface area (Å²) in [5, 5.41) is 12.2. The number of carbonyl (C=O) groups is 1. The lowest BCUT2D eigenvalue weighted by atomic mass is 10.1. The number of hydrogen-bond donors (Lipinski definition) is 0. The van der Waals surface area contributed by atoms with Gasteiger partial charge in [0, 0.05) is 25.5 Å². The zero-order chi connectivity index (χ0) is 17.2. The highest BCUT2D eigenvalue weighted by molar-refractivity contribution is 5.92. The fourth-order valence-electron chi connectivity index (χ4n) is 3.10. The first-order valence-corrected chi connectivity index (χ1v) is 8.17. The number of amides is 1. The molecule has 0 saturated carbocycles. The van der Waals surface area contributed by atoms with Crippen molar-refractivity contribution < 1.29 is 9.18 Å². The van der Waals surface area contributed by atoms with Crippen molar-refractivity contribution in [1.29, 1.82) is 0 Å². The van der Waals surface area contributed by atoms with Gasteiger partial charge in [-0.3, -0.25) is 9.48 Å². The van der Waals surface area contributed by atoms with Crippen LogP contribution < -0.4 is 0 Å². The molecule has 1 saturated heterocycles. The number of nitrogens with zero attached hydrogens (tertiary/aromatic N) is 6. The van der Waals surface area contributed by atoms with Crippen molar-refractivity contribution >= 4 is 5.91 Å². The molecule has 1 aliphatic rings. The maximum absolute atomic E-state index is 13.0. The minimum Gasteiger partial charge on any atom is -0.335 e. The molecule has 2 aromatic heterocycles. The predicted molar refractivity (Wildman–Crippen MR) is 87.7 cm³/mol. The standard InChI is InChI=1S/C17H17FN6O/c18-13-4-6-14(7-5-13)24-12-16(20-21-24)17(25)22-9-1-3-15(11-22)23-10-2-8-19-23/h2,4-8,10,12,15H,1,3,9,11H2/t15-/m1/s1. The maximum Gasteiger partial charge on any atom is 0.276 e. The molecule has 7 nitrogen and oxygen atoms in total. The van der Waals surface area contributed by atoms with Crippen LogP contribution in [0.1, 0.15) is 29.4 Å². The summed E-state index contributed by atoms with van der Waals surface area (Å²) in [5.41, 5.74) is 0.937. The molecule has 0 radical (unpaired) electrons. The number of hydrogen-bond acceptors (Lipinski definition) is 4. The van der Waals surface area contributed by atoms with Crippen LogP contribution in [-0.2, 0) is 0 Å². The first-order chi connectivity index (χ1) is 12.2. The van der Waals surface area contributed by atoms with Gasteiger partial charge in [0.15, 0.2) is 5.69 Å². The van der Waals surface area contributed by atoms with Gasteiger partial charge in [-0.2, -0.15) is 5.10 Å². The molecule has 3 heterocycles. The van der Waals surface area contributed by atoms with Gasteiger partial charge in [0.1, 0.15) is 5.82 Å². The number of carbonyl (C=O) groups excluding carboxylic acids is 1. The minimum atomic E-state index is -0.321. The monoisotopic (exact) mass is 340 g/mol. The summed E-state index contributed by atoms with van der Waals surface area (Å²) < 4.78 is 16.4. The van der Waals surface area contributed by atoms with Crippen LogP contribution in [0.2, 0.25) is 0 Å². The van der Waals surface area contributed by atoms with Gasteiger partial charge < -0.3 is 4.90 Å². The first kappa shape index (κ1) is 15.5. The van der Waals surface area contributed by atoms with E-state index in [-0.39, 0.29) is 23.5 Å². The average Bonchev–Trinajstić information content (AvgIpc) is 3.34. The number of halogens is 1. The zero-order valence-corrected chi connectivity index (χ0v) is 13.5. The highest BCUT2D eigenvalue weighted by atomic mass is 19.1. The van der Waals surface area contributed by atoms with E-state index in [1.165, 1.54) is 16.8 Å². The van der Waals surface area contributed by atoms with E-state index in [1.54, 1.807) is 29.4 Å². The van der Waals surface area contributed by atoms with E-state index in [0.717, 1.165) is 12.8 Å². The normalized spacial score (nSPS) is 17.6. The summed E-state index contributed by atoms with van der Waals surface area (Å²) >= 11 is 0. The number of benzene rings is 1. The smallest absolute Gasteiger partial charge is 0.276 e. The maximum atomic E-state index is 13.0. The quantitative estimate of drug-likeness (QED) is 0.732. The number of likely N-dealkylation sites (tertiary alicyclic amines) is 1. The minimum absolute atomic E-state index is 0.148. The van der Waals surface area contributed by atoms with Crippen LogP contribution in [0.15, 0.2) is 48.9 Å². The van der Waals surface area contributed by atoms with Crippen LogP contribution >= 0.6 is 0 Å². The topological polar surface area (TPSA) is 68.8 Å². The first-order valence-electron chi connectivity index (χ1n) is 8.17. The highest BCUT2D eigenvalue weighted by Gasteiger charge is 2.27. The Labute approximate surface area is 143 Å². The van der Waals surface area contributed by atoms with Gasteiger partial charge >= 0.3 is 0 Å². The van der Waals surface area contributed by atoms with E-state index in [9.17, 15) is 9.18 Å². The second kappa shape index (κ2) is 6.46. The Morgan fingerprint density at radius 2 is 2.08 bits per heavy atom. The van der Waals surface area contributed by atoms with Crippen molar-refractivity contribution in [2.45, 2.75) is 18.9 Å². The molecule has 3 aromatic rings. The SMILES string of the molecule is O=C(c1cn(-c2ccc(F)cc2)nn1)N1CCC[C@@H](n2cccn2)C1. The van der Waals surface area contributed by atoms with Crippen LogP contribution in [0.5, 0.6) is 0 Å². The molecule has 1 atom stereocenters. The fraction of sp³-hybridized carbons (Fsp3) is 0.294. The molecule has 4 rings (SSSR count). The van der Waals surface area contributed by atoms with Crippen LogP contribution in [0, 0.1) is 5.82 Å². The number of aromatic nitrogens is 5. The molecular weight excluding hydrogens is 323 g/mol. The van der Waals surface area contributed by atoms with Crippen molar-refractivity contribution in [3.05, 3.63) is 60.4 Å². The van der Waals surface area contributed by atoms with Crippen LogP contribution in [0.3, 0.4) is 0 Å². The largest absolute Gasteiger partial charge is 0.335 e. The van der Waals surface area contributed by atoms with Gasteiger partial charge in [0.2, 0.25) is 0 Å². The number of rotatable bonds is 3. The van der Waals surface area contributed by atoms with E-state index >= 15 is 0 Å².